The highest BCUT2D eigenvalue weighted by atomic mass is 35.5. The van der Waals surface area contributed by atoms with Gasteiger partial charge in [0.05, 0.1) is 21.3 Å². The lowest BCUT2D eigenvalue weighted by molar-refractivity contribution is 0.0994. The van der Waals surface area contributed by atoms with Crippen molar-refractivity contribution >= 4 is 50.5 Å². The average molecular weight is 492 g/mol. The van der Waals surface area contributed by atoms with E-state index in [0.29, 0.717) is 57.6 Å². The van der Waals surface area contributed by atoms with E-state index in [1.807, 2.05) is 0 Å². The van der Waals surface area contributed by atoms with Crippen LogP contribution >= 0.6 is 23.2 Å². The summed E-state index contributed by atoms with van der Waals surface area (Å²) in [5.74, 6) is 0.227. The standard InChI is InChI=1S/C22H19Cl2N3O4S/c1-13-20-17(26-27-32(29,30)15-6-3-2-4-7-15)8-5-9-19(20)31-21(13)22(28)25-18-12-14(23)10-11-16(18)24/h2-4,6-7,10-12,27H,5,8-9H2,1H3,(H,25,28)/b26-17+. The Morgan fingerprint density at radius 3 is 2.59 bits per heavy atom. The minimum atomic E-state index is -3.81. The number of amides is 1. The number of rotatable bonds is 5. The minimum absolute atomic E-state index is 0.114. The lowest BCUT2D eigenvalue weighted by Gasteiger charge is -2.14. The third-order valence-corrected chi connectivity index (χ3v) is 6.85. The predicted octanol–water partition coefficient (Wildman–Crippen LogP) is 5.17. The Balaban J connectivity index is 1.62. The summed E-state index contributed by atoms with van der Waals surface area (Å²) in [6, 6.07) is 12.7. The first-order valence-corrected chi connectivity index (χ1v) is 12.0. The number of hydrogen-bond acceptors (Lipinski definition) is 5. The molecule has 0 bridgehead atoms. The Labute approximate surface area is 195 Å². The molecule has 0 saturated heterocycles. The number of aryl methyl sites for hydroxylation is 1. The van der Waals surface area contributed by atoms with Gasteiger partial charge in [-0.3, -0.25) is 4.79 Å². The molecule has 0 aliphatic heterocycles. The van der Waals surface area contributed by atoms with Gasteiger partial charge in [-0.2, -0.15) is 18.4 Å². The van der Waals surface area contributed by atoms with Crippen LogP contribution in [0, 0.1) is 6.92 Å². The predicted molar refractivity (Wildman–Crippen MR) is 124 cm³/mol. The van der Waals surface area contributed by atoms with Crippen molar-refractivity contribution in [2.24, 2.45) is 5.10 Å². The summed E-state index contributed by atoms with van der Waals surface area (Å²) in [7, 11) is -3.81. The van der Waals surface area contributed by atoms with E-state index in [1.165, 1.54) is 12.1 Å². The number of sulfonamides is 1. The zero-order chi connectivity index (χ0) is 22.9. The van der Waals surface area contributed by atoms with Crippen molar-refractivity contribution in [2.75, 3.05) is 5.32 Å². The second kappa shape index (κ2) is 8.97. The topological polar surface area (TPSA) is 101 Å². The normalized spacial score (nSPS) is 14.8. The number of fused-ring (bicyclic) bond motifs is 1. The molecule has 0 fully saturated rings. The monoisotopic (exact) mass is 491 g/mol. The maximum absolute atomic E-state index is 12.9. The molecule has 2 N–H and O–H groups in total. The number of hydrogen-bond donors (Lipinski definition) is 2. The van der Waals surface area contributed by atoms with Gasteiger partial charge in [0.25, 0.3) is 15.9 Å². The number of furan rings is 1. The van der Waals surface area contributed by atoms with Crippen LogP contribution in [0.25, 0.3) is 0 Å². The summed E-state index contributed by atoms with van der Waals surface area (Å²) in [4.78, 5) is 15.3. The molecule has 32 heavy (non-hydrogen) atoms. The molecular formula is C22H19Cl2N3O4S. The molecule has 0 atom stereocenters. The zero-order valence-corrected chi connectivity index (χ0v) is 19.3. The fraction of sp³-hybridized carbons (Fsp3) is 0.182. The van der Waals surface area contributed by atoms with Crippen LogP contribution in [-0.2, 0) is 16.4 Å². The van der Waals surface area contributed by atoms with Gasteiger partial charge >= 0.3 is 0 Å². The number of halogens is 2. The summed E-state index contributed by atoms with van der Waals surface area (Å²) in [6.07, 6.45) is 1.88. The molecule has 1 aliphatic carbocycles. The van der Waals surface area contributed by atoms with Crippen LogP contribution < -0.4 is 10.1 Å². The fourth-order valence-electron chi connectivity index (χ4n) is 3.54. The summed E-state index contributed by atoms with van der Waals surface area (Å²) < 4.78 is 30.9. The summed E-state index contributed by atoms with van der Waals surface area (Å²) >= 11 is 12.1. The van der Waals surface area contributed by atoms with Gasteiger partial charge in [-0.15, -0.1) is 0 Å². The summed E-state index contributed by atoms with van der Waals surface area (Å²) in [6.45, 7) is 1.74. The Bertz CT molecular complexity index is 1320. The van der Waals surface area contributed by atoms with Crippen molar-refractivity contribution in [3.8, 4) is 0 Å². The molecule has 4 rings (SSSR count). The highest BCUT2D eigenvalue weighted by molar-refractivity contribution is 7.89. The molecule has 0 saturated carbocycles. The van der Waals surface area contributed by atoms with Crippen LogP contribution in [0.5, 0.6) is 0 Å². The molecule has 1 aromatic heterocycles. The van der Waals surface area contributed by atoms with Gasteiger partial charge in [-0.25, -0.2) is 0 Å². The van der Waals surface area contributed by atoms with Crippen LogP contribution in [0.1, 0.15) is 40.3 Å². The van der Waals surface area contributed by atoms with Gasteiger partial charge in [0.2, 0.25) is 0 Å². The molecule has 1 heterocycles. The first-order valence-electron chi connectivity index (χ1n) is 9.78. The van der Waals surface area contributed by atoms with Crippen LogP contribution in [-0.4, -0.2) is 20.0 Å². The van der Waals surface area contributed by atoms with Crippen molar-refractivity contribution in [3.05, 3.63) is 81.2 Å². The van der Waals surface area contributed by atoms with Crippen molar-refractivity contribution in [3.63, 3.8) is 0 Å². The van der Waals surface area contributed by atoms with E-state index in [2.05, 4.69) is 15.2 Å². The Hall–Kier alpha value is -2.81. The maximum atomic E-state index is 12.9. The third kappa shape index (κ3) is 4.53. The number of benzene rings is 2. The molecular weight excluding hydrogens is 473 g/mol. The Kier molecular flexibility index (Phi) is 6.28. The van der Waals surface area contributed by atoms with Gasteiger partial charge in [0.15, 0.2) is 5.76 Å². The smallest absolute Gasteiger partial charge is 0.291 e. The van der Waals surface area contributed by atoms with E-state index < -0.39 is 15.9 Å². The second-order valence-corrected chi connectivity index (χ2v) is 9.76. The molecule has 0 radical (unpaired) electrons. The molecule has 2 aromatic carbocycles. The first-order chi connectivity index (χ1) is 15.3. The lowest BCUT2D eigenvalue weighted by atomic mass is 9.93. The molecule has 1 amide bonds. The molecule has 10 heteroatoms. The minimum Gasteiger partial charge on any atom is -0.455 e. The summed E-state index contributed by atoms with van der Waals surface area (Å²) in [5, 5.41) is 7.65. The zero-order valence-electron chi connectivity index (χ0n) is 17.0. The third-order valence-electron chi connectivity index (χ3n) is 5.06. The molecule has 7 nitrogen and oxygen atoms in total. The van der Waals surface area contributed by atoms with Crippen molar-refractivity contribution < 1.29 is 17.6 Å². The van der Waals surface area contributed by atoms with Gasteiger partial charge < -0.3 is 9.73 Å². The van der Waals surface area contributed by atoms with E-state index in [1.54, 1.807) is 43.3 Å². The SMILES string of the molecule is Cc1c(C(=O)Nc2cc(Cl)ccc2Cl)oc2c1/C(=N/NS(=O)(=O)c1ccccc1)CCC2. The van der Waals surface area contributed by atoms with Gasteiger partial charge in [-0.05, 0) is 50.1 Å². The van der Waals surface area contributed by atoms with Crippen LogP contribution in [0.2, 0.25) is 10.0 Å². The number of nitrogens with one attached hydrogen (secondary N) is 2. The van der Waals surface area contributed by atoms with Gasteiger partial charge in [-0.1, -0.05) is 41.4 Å². The van der Waals surface area contributed by atoms with E-state index in [9.17, 15) is 13.2 Å². The molecule has 3 aromatic rings. The molecule has 166 valence electrons. The number of hydrazone groups is 1. The molecule has 1 aliphatic rings. The number of nitrogens with zero attached hydrogens (tertiary/aromatic N) is 1. The number of carbonyl (C=O) groups excluding carboxylic acids is 1. The average Bonchev–Trinajstić information content (AvgIpc) is 3.13. The molecule has 0 unspecified atom stereocenters. The second-order valence-electron chi connectivity index (χ2n) is 7.25. The van der Waals surface area contributed by atoms with Crippen LogP contribution in [0.3, 0.4) is 0 Å². The van der Waals surface area contributed by atoms with Crippen LogP contribution in [0.4, 0.5) is 5.69 Å². The first kappa shape index (κ1) is 22.4. The van der Waals surface area contributed by atoms with E-state index in [0.717, 1.165) is 0 Å². The highest BCUT2D eigenvalue weighted by Gasteiger charge is 2.28. The van der Waals surface area contributed by atoms with Crippen molar-refractivity contribution in [1.29, 1.82) is 0 Å². The Morgan fingerprint density at radius 2 is 1.84 bits per heavy atom. The summed E-state index contributed by atoms with van der Waals surface area (Å²) in [5.41, 5.74) is 2.11. The number of carbonyl (C=O) groups is 1. The lowest BCUT2D eigenvalue weighted by Crippen LogP contribution is -2.22. The van der Waals surface area contributed by atoms with Crippen LogP contribution in [0.15, 0.2) is 62.9 Å². The van der Waals surface area contributed by atoms with E-state index >= 15 is 0 Å². The number of anilines is 1. The largest absolute Gasteiger partial charge is 0.455 e. The van der Waals surface area contributed by atoms with E-state index in [4.69, 9.17) is 27.6 Å². The van der Waals surface area contributed by atoms with Gasteiger partial charge in [0, 0.05) is 22.6 Å². The maximum Gasteiger partial charge on any atom is 0.291 e. The fourth-order valence-corrected chi connectivity index (χ4v) is 4.72. The van der Waals surface area contributed by atoms with Crippen molar-refractivity contribution in [2.45, 2.75) is 31.1 Å². The quantitative estimate of drug-likeness (QED) is 0.480. The highest BCUT2D eigenvalue weighted by Crippen LogP contribution is 2.31. The van der Waals surface area contributed by atoms with Crippen molar-refractivity contribution in [1.82, 2.24) is 4.83 Å². The van der Waals surface area contributed by atoms with E-state index in [-0.39, 0.29) is 10.7 Å². The Morgan fingerprint density at radius 1 is 1.09 bits per heavy atom. The van der Waals surface area contributed by atoms with Gasteiger partial charge in [0.1, 0.15) is 5.76 Å². The molecule has 0 spiro atoms.